The lowest BCUT2D eigenvalue weighted by Crippen LogP contribution is -2.61. The van der Waals surface area contributed by atoms with Crippen molar-refractivity contribution >= 4 is 74.5 Å². The number of anilines is 9. The minimum atomic E-state index is -0.0299. The van der Waals surface area contributed by atoms with E-state index in [2.05, 4.69) is 172 Å². The van der Waals surface area contributed by atoms with Gasteiger partial charge in [-0.15, -0.1) is 0 Å². The number of benzene rings is 6. The highest BCUT2D eigenvalue weighted by Gasteiger charge is 2.47. The molecule has 5 heteroatoms. The Morgan fingerprint density at radius 3 is 1.73 bits per heavy atom. The first-order valence-electron chi connectivity index (χ1n) is 17.4. The van der Waals surface area contributed by atoms with Crippen LogP contribution in [-0.4, -0.2) is 6.71 Å². The minimum absolute atomic E-state index is 0.0299. The summed E-state index contributed by atoms with van der Waals surface area (Å²) in [4.78, 5) is 7.29. The molecule has 49 heavy (non-hydrogen) atoms. The van der Waals surface area contributed by atoms with Gasteiger partial charge in [0, 0.05) is 57.5 Å². The average Bonchev–Trinajstić information content (AvgIpc) is 3.56. The number of hydrogen-bond donors (Lipinski definition) is 0. The summed E-state index contributed by atoms with van der Waals surface area (Å²) in [6.07, 6.45) is 4.40. The summed E-state index contributed by atoms with van der Waals surface area (Å²) in [6.45, 7) is -0.0299. The van der Waals surface area contributed by atoms with E-state index in [-0.39, 0.29) is 6.71 Å². The SMILES string of the molecule is c1ccc(N(c2ccccc2)c2ccc3c(c2)N(c2ccccc2)c2cccc4c2B3c2oc3c(c2N4c2ccccc2)CCCC3)cc1. The smallest absolute Gasteiger partial charge is 0.297 e. The maximum Gasteiger partial charge on any atom is 0.297 e. The predicted molar refractivity (Wildman–Crippen MR) is 204 cm³/mol. The quantitative estimate of drug-likeness (QED) is 0.177. The molecule has 234 valence electrons. The molecule has 0 saturated heterocycles. The second-order valence-corrected chi connectivity index (χ2v) is 13.2. The van der Waals surface area contributed by atoms with E-state index >= 15 is 0 Å². The predicted octanol–water partition coefficient (Wildman–Crippen LogP) is 9.71. The first-order chi connectivity index (χ1) is 24.3. The van der Waals surface area contributed by atoms with Crippen molar-refractivity contribution in [1.82, 2.24) is 0 Å². The average molecular weight is 632 g/mol. The molecule has 0 bridgehead atoms. The molecule has 10 rings (SSSR count). The molecule has 0 fully saturated rings. The van der Waals surface area contributed by atoms with E-state index in [1.807, 2.05) is 0 Å². The molecule has 0 N–H and O–H groups in total. The largest absolute Gasteiger partial charge is 0.473 e. The fourth-order valence-corrected chi connectivity index (χ4v) is 8.33. The van der Waals surface area contributed by atoms with Gasteiger partial charge in [0.05, 0.1) is 11.3 Å². The summed E-state index contributed by atoms with van der Waals surface area (Å²) in [5.74, 6) is 1.16. The first-order valence-corrected chi connectivity index (χ1v) is 17.4. The highest BCUT2D eigenvalue weighted by atomic mass is 16.3. The Morgan fingerprint density at radius 2 is 1.08 bits per heavy atom. The van der Waals surface area contributed by atoms with Gasteiger partial charge in [0.15, 0.2) is 0 Å². The molecule has 0 atom stereocenters. The number of nitrogens with zero attached hydrogens (tertiary/aromatic N) is 3. The molecular weight excluding hydrogens is 597 g/mol. The molecule has 6 aromatic carbocycles. The van der Waals surface area contributed by atoms with Crippen LogP contribution in [0.15, 0.2) is 162 Å². The second-order valence-electron chi connectivity index (χ2n) is 13.2. The molecule has 1 aromatic heterocycles. The van der Waals surface area contributed by atoms with Crippen LogP contribution in [0.1, 0.15) is 24.2 Å². The Morgan fingerprint density at radius 1 is 0.510 bits per heavy atom. The molecule has 1 aliphatic carbocycles. The molecule has 0 radical (unpaired) electrons. The van der Waals surface area contributed by atoms with Crippen LogP contribution < -0.4 is 31.3 Å². The Balaban J connectivity index is 1.26. The van der Waals surface area contributed by atoms with E-state index in [0.29, 0.717) is 0 Å². The third-order valence-electron chi connectivity index (χ3n) is 10.4. The van der Waals surface area contributed by atoms with Gasteiger partial charge in [-0.25, -0.2) is 0 Å². The van der Waals surface area contributed by atoms with E-state index in [4.69, 9.17) is 4.42 Å². The van der Waals surface area contributed by atoms with Crippen LogP contribution in [0.5, 0.6) is 0 Å². The van der Waals surface area contributed by atoms with Crippen LogP contribution >= 0.6 is 0 Å². The highest BCUT2D eigenvalue weighted by Crippen LogP contribution is 2.48. The number of hydrogen-bond acceptors (Lipinski definition) is 4. The normalized spacial score (nSPS) is 14.1. The Hall–Kier alpha value is -5.94. The van der Waals surface area contributed by atoms with Gasteiger partial charge in [0.2, 0.25) is 0 Å². The number of para-hydroxylation sites is 4. The molecule has 7 aromatic rings. The summed E-state index contributed by atoms with van der Waals surface area (Å²) in [5.41, 5.74) is 15.5. The molecule has 3 aliphatic rings. The number of aryl methyl sites for hydroxylation is 1. The van der Waals surface area contributed by atoms with E-state index in [0.717, 1.165) is 47.0 Å². The molecule has 2 aliphatic heterocycles. The summed E-state index contributed by atoms with van der Waals surface area (Å²) in [5, 5.41) is 0. The van der Waals surface area contributed by atoms with Gasteiger partial charge in [0.25, 0.3) is 6.71 Å². The van der Waals surface area contributed by atoms with E-state index in [9.17, 15) is 0 Å². The molecule has 0 spiro atoms. The fourth-order valence-electron chi connectivity index (χ4n) is 8.33. The summed E-state index contributed by atoms with van der Waals surface area (Å²) in [6, 6.07) is 56.8. The van der Waals surface area contributed by atoms with Gasteiger partial charge < -0.3 is 19.1 Å². The van der Waals surface area contributed by atoms with E-state index < -0.39 is 0 Å². The van der Waals surface area contributed by atoms with E-state index in [1.165, 1.54) is 57.8 Å². The van der Waals surface area contributed by atoms with Gasteiger partial charge >= 0.3 is 0 Å². The molecule has 0 saturated carbocycles. The highest BCUT2D eigenvalue weighted by molar-refractivity contribution is 6.99. The number of furan rings is 1. The lowest BCUT2D eigenvalue weighted by molar-refractivity contribution is 0.497. The topological polar surface area (TPSA) is 22.9 Å². The Bertz CT molecular complexity index is 2260. The lowest BCUT2D eigenvalue weighted by Gasteiger charge is -2.43. The van der Waals surface area contributed by atoms with Gasteiger partial charge in [-0.05, 0) is 103 Å². The standard InChI is InChI=1S/C44H34BN3O/c1-5-16-31(17-6-1)46(32-18-7-2-8-19-32)35-28-29-37-40(30-35)47(33-20-9-3-10-21-33)38-25-15-26-39-42(38)45(37)44-43(36-24-13-14-27-41(36)49-44)48(39)34-22-11-4-12-23-34/h1-12,15-23,25-26,28-30H,13-14,24,27H2. The van der Waals surface area contributed by atoms with Crippen molar-refractivity contribution in [2.45, 2.75) is 25.7 Å². The van der Waals surface area contributed by atoms with Crippen molar-refractivity contribution in [3.8, 4) is 0 Å². The fraction of sp³-hybridized carbons (Fsp3) is 0.0909. The number of rotatable bonds is 5. The molecule has 3 heterocycles. The van der Waals surface area contributed by atoms with Crippen LogP contribution in [-0.2, 0) is 12.8 Å². The van der Waals surface area contributed by atoms with Crippen LogP contribution in [0.25, 0.3) is 0 Å². The molecule has 0 amide bonds. The van der Waals surface area contributed by atoms with Crippen LogP contribution in [0.4, 0.5) is 51.2 Å². The summed E-state index contributed by atoms with van der Waals surface area (Å²) in [7, 11) is 0. The second kappa shape index (κ2) is 11.3. The van der Waals surface area contributed by atoms with Crippen molar-refractivity contribution in [2.75, 3.05) is 14.7 Å². The minimum Gasteiger partial charge on any atom is -0.473 e. The van der Waals surface area contributed by atoms with Gasteiger partial charge in [-0.3, -0.25) is 0 Å². The van der Waals surface area contributed by atoms with Crippen LogP contribution in [0, 0.1) is 0 Å². The monoisotopic (exact) mass is 631 g/mol. The van der Waals surface area contributed by atoms with Gasteiger partial charge in [0.1, 0.15) is 5.76 Å². The zero-order valence-electron chi connectivity index (χ0n) is 27.2. The van der Waals surface area contributed by atoms with Gasteiger partial charge in [-0.1, -0.05) is 84.9 Å². The number of fused-ring (bicyclic) bond motifs is 6. The summed E-state index contributed by atoms with van der Waals surface area (Å²) < 4.78 is 7.07. The Labute approximate surface area is 287 Å². The van der Waals surface area contributed by atoms with Crippen molar-refractivity contribution in [3.63, 3.8) is 0 Å². The Kier molecular flexibility index (Phi) is 6.51. The van der Waals surface area contributed by atoms with Crippen molar-refractivity contribution in [3.05, 3.63) is 169 Å². The van der Waals surface area contributed by atoms with E-state index in [1.54, 1.807) is 0 Å². The van der Waals surface area contributed by atoms with Crippen molar-refractivity contribution in [1.29, 1.82) is 0 Å². The zero-order valence-corrected chi connectivity index (χ0v) is 27.2. The zero-order chi connectivity index (χ0) is 32.3. The maximum absolute atomic E-state index is 7.07. The summed E-state index contributed by atoms with van der Waals surface area (Å²) >= 11 is 0. The third kappa shape index (κ3) is 4.39. The van der Waals surface area contributed by atoms with Crippen LogP contribution in [0.2, 0.25) is 0 Å². The maximum atomic E-state index is 7.07. The molecule has 0 unspecified atom stereocenters. The van der Waals surface area contributed by atoms with Crippen LogP contribution in [0.3, 0.4) is 0 Å². The van der Waals surface area contributed by atoms with Crippen molar-refractivity contribution in [2.24, 2.45) is 0 Å². The molecular formula is C44H34BN3O. The van der Waals surface area contributed by atoms with Gasteiger partial charge in [-0.2, -0.15) is 0 Å². The molecule has 4 nitrogen and oxygen atoms in total. The first kappa shape index (κ1) is 28.1. The lowest BCUT2D eigenvalue weighted by atomic mass is 9.35. The third-order valence-corrected chi connectivity index (χ3v) is 10.4. The van der Waals surface area contributed by atoms with Crippen molar-refractivity contribution < 1.29 is 4.42 Å².